The fraction of sp³-hybridized carbons (Fsp3) is 0.417. The topological polar surface area (TPSA) is 23.8 Å². The predicted molar refractivity (Wildman–Crippen MR) is 54.4 cm³/mol. The van der Waals surface area contributed by atoms with E-state index in [-0.39, 0.29) is 0 Å². The summed E-state index contributed by atoms with van der Waals surface area (Å²) < 4.78 is 0. The summed E-state index contributed by atoms with van der Waals surface area (Å²) in [4.78, 5) is 0. The van der Waals surface area contributed by atoms with Crippen molar-refractivity contribution in [2.24, 2.45) is 5.92 Å². The van der Waals surface area contributed by atoms with Crippen molar-refractivity contribution in [2.75, 3.05) is 0 Å². The van der Waals surface area contributed by atoms with Crippen molar-refractivity contribution in [3.63, 3.8) is 0 Å². The van der Waals surface area contributed by atoms with Crippen LogP contribution in [0.2, 0.25) is 0 Å². The molecular formula is C12H15N. The summed E-state index contributed by atoms with van der Waals surface area (Å²) in [6.07, 6.45) is 0.989. The van der Waals surface area contributed by atoms with Gasteiger partial charge in [-0.1, -0.05) is 26.0 Å². The summed E-state index contributed by atoms with van der Waals surface area (Å²) in [5.41, 5.74) is 3.15. The van der Waals surface area contributed by atoms with Gasteiger partial charge in [0.15, 0.2) is 0 Å². The summed E-state index contributed by atoms with van der Waals surface area (Å²) in [5.74, 6) is 0.606. The third kappa shape index (κ3) is 2.59. The van der Waals surface area contributed by atoms with Crippen LogP contribution in [0.3, 0.4) is 0 Å². The Morgan fingerprint density at radius 2 is 2.08 bits per heavy atom. The monoisotopic (exact) mass is 173 g/mol. The molecule has 0 fully saturated rings. The molecule has 1 aromatic rings. The lowest BCUT2D eigenvalue weighted by Gasteiger charge is -2.07. The quantitative estimate of drug-likeness (QED) is 0.674. The smallest absolute Gasteiger partial charge is 0.0994 e. The van der Waals surface area contributed by atoms with Crippen LogP contribution < -0.4 is 0 Å². The molecule has 0 saturated carbocycles. The molecule has 0 saturated heterocycles. The minimum atomic E-state index is 0.606. The van der Waals surface area contributed by atoms with Crippen LogP contribution in [0.4, 0.5) is 0 Å². The van der Waals surface area contributed by atoms with E-state index in [4.69, 9.17) is 5.26 Å². The molecule has 1 aromatic carbocycles. The molecular weight excluding hydrogens is 158 g/mol. The van der Waals surface area contributed by atoms with Crippen molar-refractivity contribution in [3.8, 4) is 6.07 Å². The fourth-order valence-corrected chi connectivity index (χ4v) is 1.41. The first-order chi connectivity index (χ1) is 6.13. The van der Waals surface area contributed by atoms with Gasteiger partial charge < -0.3 is 0 Å². The Hall–Kier alpha value is -1.29. The Bertz CT molecular complexity index is 331. The Morgan fingerprint density at radius 1 is 1.38 bits per heavy atom. The van der Waals surface area contributed by atoms with Crippen molar-refractivity contribution >= 4 is 0 Å². The van der Waals surface area contributed by atoms with E-state index in [0.29, 0.717) is 5.92 Å². The number of benzene rings is 1. The molecule has 1 nitrogen and oxygen atoms in total. The minimum Gasteiger partial charge on any atom is -0.192 e. The predicted octanol–water partition coefficient (Wildman–Crippen LogP) is 3.07. The highest BCUT2D eigenvalue weighted by Gasteiger charge is 2.03. The van der Waals surface area contributed by atoms with E-state index in [1.54, 1.807) is 0 Å². The van der Waals surface area contributed by atoms with Crippen LogP contribution in [0.5, 0.6) is 0 Å². The van der Waals surface area contributed by atoms with Crippen LogP contribution in [0, 0.1) is 24.2 Å². The van der Waals surface area contributed by atoms with Crippen molar-refractivity contribution in [1.82, 2.24) is 0 Å². The van der Waals surface area contributed by atoms with Crippen LogP contribution in [0.15, 0.2) is 18.2 Å². The molecule has 0 aromatic heterocycles. The van der Waals surface area contributed by atoms with Crippen molar-refractivity contribution in [1.29, 1.82) is 5.26 Å². The van der Waals surface area contributed by atoms with Crippen molar-refractivity contribution in [3.05, 3.63) is 34.9 Å². The first-order valence-electron chi connectivity index (χ1n) is 4.63. The van der Waals surface area contributed by atoms with Gasteiger partial charge >= 0.3 is 0 Å². The number of aryl methyl sites for hydroxylation is 1. The molecule has 0 aliphatic rings. The highest BCUT2D eigenvalue weighted by atomic mass is 14.2. The molecule has 0 heterocycles. The van der Waals surface area contributed by atoms with E-state index >= 15 is 0 Å². The lowest BCUT2D eigenvalue weighted by Crippen LogP contribution is -1.97. The van der Waals surface area contributed by atoms with Gasteiger partial charge in [-0.3, -0.25) is 0 Å². The van der Waals surface area contributed by atoms with Gasteiger partial charge in [0.2, 0.25) is 0 Å². The lowest BCUT2D eigenvalue weighted by molar-refractivity contribution is 0.646. The second-order valence-electron chi connectivity index (χ2n) is 3.87. The lowest BCUT2D eigenvalue weighted by atomic mass is 9.97. The normalized spacial score (nSPS) is 10.1. The van der Waals surface area contributed by atoms with Gasteiger partial charge in [0.05, 0.1) is 11.6 Å². The van der Waals surface area contributed by atoms with Crippen molar-refractivity contribution < 1.29 is 0 Å². The third-order valence-electron chi connectivity index (χ3n) is 2.01. The number of nitrogens with zero attached hydrogens (tertiary/aromatic N) is 1. The van der Waals surface area contributed by atoms with E-state index in [0.717, 1.165) is 17.5 Å². The fourth-order valence-electron chi connectivity index (χ4n) is 1.41. The van der Waals surface area contributed by atoms with Crippen LogP contribution in [-0.2, 0) is 6.42 Å². The van der Waals surface area contributed by atoms with E-state index in [9.17, 15) is 0 Å². The Kier molecular flexibility index (Phi) is 3.08. The summed E-state index contributed by atoms with van der Waals surface area (Å²) in [5, 5.41) is 8.91. The molecule has 68 valence electrons. The maximum absolute atomic E-state index is 8.91. The van der Waals surface area contributed by atoms with Gasteiger partial charge in [-0.05, 0) is 36.5 Å². The maximum atomic E-state index is 8.91. The maximum Gasteiger partial charge on any atom is 0.0994 e. The van der Waals surface area contributed by atoms with Gasteiger partial charge in [-0.25, -0.2) is 0 Å². The molecule has 0 spiro atoms. The van der Waals surface area contributed by atoms with Crippen LogP contribution in [0.1, 0.15) is 30.5 Å². The molecule has 0 radical (unpaired) electrons. The Balaban J connectivity index is 3.01. The summed E-state index contributed by atoms with van der Waals surface area (Å²) in [6.45, 7) is 6.35. The molecule has 13 heavy (non-hydrogen) atoms. The van der Waals surface area contributed by atoms with E-state index in [1.807, 2.05) is 13.0 Å². The standard InChI is InChI=1S/C12H15N/c1-9(2)6-11-5-4-10(3)7-12(11)8-13/h4-5,7,9H,6H2,1-3H3. The van der Waals surface area contributed by atoms with Gasteiger partial charge in [-0.2, -0.15) is 5.26 Å². The van der Waals surface area contributed by atoms with Gasteiger partial charge in [0.1, 0.15) is 0 Å². The molecule has 0 amide bonds. The van der Waals surface area contributed by atoms with Gasteiger partial charge in [0, 0.05) is 0 Å². The summed E-state index contributed by atoms with van der Waals surface area (Å²) in [6, 6.07) is 8.33. The largest absolute Gasteiger partial charge is 0.192 e. The average Bonchev–Trinajstić information content (AvgIpc) is 2.07. The van der Waals surface area contributed by atoms with Crippen LogP contribution in [-0.4, -0.2) is 0 Å². The molecule has 0 atom stereocenters. The minimum absolute atomic E-state index is 0.606. The first kappa shape index (κ1) is 9.80. The molecule has 0 aliphatic carbocycles. The average molecular weight is 173 g/mol. The van der Waals surface area contributed by atoms with Crippen molar-refractivity contribution in [2.45, 2.75) is 27.2 Å². The van der Waals surface area contributed by atoms with E-state index < -0.39 is 0 Å². The Morgan fingerprint density at radius 3 is 2.62 bits per heavy atom. The second kappa shape index (κ2) is 4.09. The highest BCUT2D eigenvalue weighted by Crippen LogP contribution is 2.14. The molecule has 0 N–H and O–H groups in total. The highest BCUT2D eigenvalue weighted by molar-refractivity contribution is 5.40. The van der Waals surface area contributed by atoms with Crippen LogP contribution in [0.25, 0.3) is 0 Å². The zero-order valence-electron chi connectivity index (χ0n) is 8.46. The molecule has 0 bridgehead atoms. The molecule has 1 heteroatoms. The third-order valence-corrected chi connectivity index (χ3v) is 2.01. The SMILES string of the molecule is Cc1ccc(CC(C)C)c(C#N)c1. The zero-order valence-corrected chi connectivity index (χ0v) is 8.46. The zero-order chi connectivity index (χ0) is 9.84. The van der Waals surface area contributed by atoms with E-state index in [1.165, 1.54) is 5.56 Å². The summed E-state index contributed by atoms with van der Waals surface area (Å²) in [7, 11) is 0. The van der Waals surface area contributed by atoms with Gasteiger partial charge in [0.25, 0.3) is 0 Å². The number of rotatable bonds is 2. The summed E-state index contributed by atoms with van der Waals surface area (Å²) >= 11 is 0. The number of hydrogen-bond acceptors (Lipinski definition) is 1. The Labute approximate surface area is 80.0 Å². The number of hydrogen-bond donors (Lipinski definition) is 0. The van der Waals surface area contributed by atoms with Gasteiger partial charge in [-0.15, -0.1) is 0 Å². The first-order valence-corrected chi connectivity index (χ1v) is 4.63. The molecule has 0 aliphatic heterocycles. The number of nitriles is 1. The molecule has 0 unspecified atom stereocenters. The molecule has 1 rings (SSSR count). The second-order valence-corrected chi connectivity index (χ2v) is 3.87. The van der Waals surface area contributed by atoms with Crippen LogP contribution >= 0.6 is 0 Å². The van der Waals surface area contributed by atoms with E-state index in [2.05, 4.69) is 32.0 Å².